The minimum Gasteiger partial charge on any atom is -0.347 e. The van der Waals surface area contributed by atoms with E-state index in [0.717, 1.165) is 17.7 Å². The first-order chi connectivity index (χ1) is 12.7. The summed E-state index contributed by atoms with van der Waals surface area (Å²) in [5.41, 5.74) is -0.00759. The van der Waals surface area contributed by atoms with Crippen molar-refractivity contribution in [2.24, 2.45) is 0 Å². The third-order valence-corrected chi connectivity index (χ3v) is 4.30. The number of amides is 1. The molecule has 0 saturated heterocycles. The van der Waals surface area contributed by atoms with Gasteiger partial charge in [0, 0.05) is 23.8 Å². The van der Waals surface area contributed by atoms with Crippen molar-refractivity contribution in [3.8, 4) is 0 Å². The number of anilines is 1. The van der Waals surface area contributed by atoms with Gasteiger partial charge in [-0.15, -0.1) is 0 Å². The number of nitrogens with zero attached hydrogens (tertiary/aromatic N) is 1. The van der Waals surface area contributed by atoms with Gasteiger partial charge >= 0.3 is 6.18 Å². The lowest BCUT2D eigenvalue weighted by Gasteiger charge is -2.14. The van der Waals surface area contributed by atoms with Gasteiger partial charge in [-0.25, -0.2) is 0 Å². The van der Waals surface area contributed by atoms with E-state index in [9.17, 15) is 22.8 Å². The second-order valence-corrected chi connectivity index (χ2v) is 6.21. The monoisotopic (exact) mass is 374 g/mol. The van der Waals surface area contributed by atoms with Crippen molar-refractivity contribution in [3.63, 3.8) is 0 Å². The summed E-state index contributed by atoms with van der Waals surface area (Å²) in [7, 11) is 0. The number of hydrogen-bond donors (Lipinski definition) is 1. The first-order valence-corrected chi connectivity index (χ1v) is 8.33. The van der Waals surface area contributed by atoms with Gasteiger partial charge in [-0.1, -0.05) is 17.7 Å². The molecule has 1 amide bonds. The van der Waals surface area contributed by atoms with Crippen molar-refractivity contribution in [1.82, 2.24) is 4.57 Å². The van der Waals surface area contributed by atoms with Gasteiger partial charge in [0.25, 0.3) is 5.91 Å². The Morgan fingerprint density at radius 2 is 1.78 bits per heavy atom. The van der Waals surface area contributed by atoms with Gasteiger partial charge in [0.1, 0.15) is 5.56 Å². The highest BCUT2D eigenvalue weighted by atomic mass is 19.4. The van der Waals surface area contributed by atoms with Gasteiger partial charge in [0.05, 0.1) is 11.1 Å². The zero-order chi connectivity index (χ0) is 19.8. The number of fused-ring (bicyclic) bond motifs is 1. The molecule has 7 heteroatoms. The van der Waals surface area contributed by atoms with Crippen molar-refractivity contribution in [2.45, 2.75) is 26.6 Å². The van der Waals surface area contributed by atoms with Crippen LogP contribution in [0.2, 0.25) is 0 Å². The van der Waals surface area contributed by atoms with Crippen molar-refractivity contribution in [2.75, 3.05) is 5.32 Å². The summed E-state index contributed by atoms with van der Waals surface area (Å²) in [6.45, 7) is 4.07. The number of carbonyl (C=O) groups is 1. The molecule has 0 atom stereocenters. The van der Waals surface area contributed by atoms with Crippen LogP contribution in [0.4, 0.5) is 18.9 Å². The number of alkyl halides is 3. The van der Waals surface area contributed by atoms with Crippen LogP contribution in [0.3, 0.4) is 0 Å². The summed E-state index contributed by atoms with van der Waals surface area (Å²) >= 11 is 0. The molecule has 4 nitrogen and oxygen atoms in total. The van der Waals surface area contributed by atoms with Crippen LogP contribution in [0.5, 0.6) is 0 Å². The predicted molar refractivity (Wildman–Crippen MR) is 98.0 cm³/mol. The summed E-state index contributed by atoms with van der Waals surface area (Å²) in [6.07, 6.45) is -3.20. The van der Waals surface area contributed by atoms with Crippen molar-refractivity contribution >= 4 is 22.5 Å². The lowest BCUT2D eigenvalue weighted by atomic mass is 10.1. The molecular formula is C20H17F3N2O2. The highest BCUT2D eigenvalue weighted by molar-refractivity contribution is 6.05. The van der Waals surface area contributed by atoms with Crippen molar-refractivity contribution in [3.05, 3.63) is 75.6 Å². The molecule has 0 aliphatic heterocycles. The smallest absolute Gasteiger partial charge is 0.347 e. The first kappa shape index (κ1) is 18.7. The lowest BCUT2D eigenvalue weighted by molar-refractivity contribution is -0.137. The maximum absolute atomic E-state index is 13.0. The van der Waals surface area contributed by atoms with E-state index >= 15 is 0 Å². The number of nitrogens with one attached hydrogen (secondary N) is 1. The number of aromatic nitrogens is 1. The van der Waals surface area contributed by atoms with Gasteiger partial charge in [-0.2, -0.15) is 13.2 Å². The molecular weight excluding hydrogens is 357 g/mol. The van der Waals surface area contributed by atoms with Crippen molar-refractivity contribution < 1.29 is 18.0 Å². The molecule has 1 N–H and O–H groups in total. The highest BCUT2D eigenvalue weighted by Crippen LogP contribution is 2.30. The average molecular weight is 374 g/mol. The van der Waals surface area contributed by atoms with Crippen LogP contribution in [-0.2, 0) is 12.7 Å². The highest BCUT2D eigenvalue weighted by Gasteiger charge is 2.31. The average Bonchev–Trinajstić information content (AvgIpc) is 2.63. The topological polar surface area (TPSA) is 51.1 Å². The number of halogens is 3. The molecule has 0 aliphatic rings. The zero-order valence-electron chi connectivity index (χ0n) is 14.7. The van der Waals surface area contributed by atoms with E-state index in [1.165, 1.54) is 12.3 Å². The van der Waals surface area contributed by atoms with E-state index in [2.05, 4.69) is 5.32 Å². The van der Waals surface area contributed by atoms with Crippen LogP contribution in [0, 0.1) is 6.92 Å². The number of aryl methyl sites for hydroxylation is 2. The molecule has 3 aromatic rings. The fourth-order valence-corrected chi connectivity index (χ4v) is 2.83. The summed E-state index contributed by atoms with van der Waals surface area (Å²) in [5, 5.41) is 2.48. The summed E-state index contributed by atoms with van der Waals surface area (Å²) in [5.74, 6) is -0.662. The number of benzene rings is 2. The Labute approximate surface area is 153 Å². The van der Waals surface area contributed by atoms with Crippen LogP contribution in [-0.4, -0.2) is 10.5 Å². The fourth-order valence-electron chi connectivity index (χ4n) is 2.83. The van der Waals surface area contributed by atoms with Gasteiger partial charge in [-0.05, 0) is 44.2 Å². The molecule has 0 spiro atoms. The Morgan fingerprint density at radius 3 is 2.37 bits per heavy atom. The van der Waals surface area contributed by atoms with Crippen molar-refractivity contribution in [1.29, 1.82) is 0 Å². The van der Waals surface area contributed by atoms with Gasteiger partial charge < -0.3 is 9.88 Å². The molecule has 0 fully saturated rings. The van der Waals surface area contributed by atoms with Crippen LogP contribution in [0.1, 0.15) is 28.4 Å². The summed E-state index contributed by atoms with van der Waals surface area (Å²) < 4.78 is 40.6. The minimum absolute atomic E-state index is 0.136. The maximum atomic E-state index is 13.0. The largest absolute Gasteiger partial charge is 0.416 e. The van der Waals surface area contributed by atoms with E-state index in [4.69, 9.17) is 0 Å². The Kier molecular flexibility index (Phi) is 4.78. The zero-order valence-corrected chi connectivity index (χ0v) is 14.7. The molecule has 0 aliphatic carbocycles. The quantitative estimate of drug-likeness (QED) is 0.728. The third kappa shape index (κ3) is 3.72. The summed E-state index contributed by atoms with van der Waals surface area (Å²) in [6, 6.07) is 9.96. The lowest BCUT2D eigenvalue weighted by Crippen LogP contribution is -2.24. The number of rotatable bonds is 3. The molecule has 1 heterocycles. The molecule has 2 aromatic carbocycles. The molecule has 0 bridgehead atoms. The van der Waals surface area contributed by atoms with Gasteiger partial charge in [0.2, 0.25) is 5.43 Å². The van der Waals surface area contributed by atoms with Crippen LogP contribution in [0.25, 0.3) is 10.9 Å². The van der Waals surface area contributed by atoms with Crippen LogP contribution >= 0.6 is 0 Å². The van der Waals surface area contributed by atoms with E-state index in [1.54, 1.807) is 35.8 Å². The Balaban J connectivity index is 2.12. The Bertz CT molecular complexity index is 1070. The fraction of sp³-hybridized carbons (Fsp3) is 0.200. The normalized spacial score (nSPS) is 11.6. The van der Waals surface area contributed by atoms with E-state index in [-0.39, 0.29) is 10.9 Å². The Morgan fingerprint density at radius 1 is 1.11 bits per heavy atom. The second-order valence-electron chi connectivity index (χ2n) is 6.21. The second kappa shape index (κ2) is 6.90. The summed E-state index contributed by atoms with van der Waals surface area (Å²) in [4.78, 5) is 25.3. The van der Waals surface area contributed by atoms with Gasteiger partial charge in [0.15, 0.2) is 0 Å². The molecule has 0 radical (unpaired) electrons. The third-order valence-electron chi connectivity index (χ3n) is 4.30. The van der Waals surface area contributed by atoms with Gasteiger partial charge in [-0.3, -0.25) is 9.59 Å². The standard InChI is InChI=1S/C20H17F3N2O2/c1-3-25-11-16(19(27)24-14-7-4-12(2)5-8-14)18(26)15-10-13(20(21,22)23)6-9-17(15)25/h4-11H,3H2,1-2H3,(H,24,27). The van der Waals surface area contributed by atoms with E-state index < -0.39 is 23.1 Å². The van der Waals surface area contributed by atoms with E-state index in [1.807, 2.05) is 6.92 Å². The predicted octanol–water partition coefficient (Wildman–Crippen LogP) is 4.60. The molecule has 0 saturated carbocycles. The maximum Gasteiger partial charge on any atom is 0.416 e. The molecule has 0 unspecified atom stereocenters. The van der Waals surface area contributed by atoms with Crippen LogP contribution in [0.15, 0.2) is 53.5 Å². The number of pyridine rings is 1. The molecule has 1 aromatic heterocycles. The van der Waals surface area contributed by atoms with Crippen LogP contribution < -0.4 is 10.7 Å². The molecule has 3 rings (SSSR count). The van der Waals surface area contributed by atoms with E-state index in [0.29, 0.717) is 17.7 Å². The first-order valence-electron chi connectivity index (χ1n) is 8.33. The molecule has 140 valence electrons. The molecule has 27 heavy (non-hydrogen) atoms. The Hall–Kier alpha value is -3.09. The number of carbonyl (C=O) groups excluding carboxylic acids is 1. The number of hydrogen-bond acceptors (Lipinski definition) is 2. The SMILES string of the molecule is CCn1cc(C(=O)Nc2ccc(C)cc2)c(=O)c2cc(C(F)(F)F)ccc21. The minimum atomic E-state index is -4.57.